The number of aromatic nitrogens is 1. The van der Waals surface area contributed by atoms with E-state index in [0.29, 0.717) is 24.0 Å². The zero-order valence-corrected chi connectivity index (χ0v) is 13.4. The molecule has 1 amide bonds. The first-order valence-electron chi connectivity index (χ1n) is 7.37. The summed E-state index contributed by atoms with van der Waals surface area (Å²) in [4.78, 5) is 16.6. The van der Waals surface area contributed by atoms with Crippen molar-refractivity contribution < 1.29 is 9.21 Å². The van der Waals surface area contributed by atoms with Gasteiger partial charge in [0.05, 0.1) is 10.2 Å². The number of carbonyl (C=O) groups excluding carboxylic acids is 1. The van der Waals surface area contributed by atoms with E-state index in [9.17, 15) is 4.79 Å². The summed E-state index contributed by atoms with van der Waals surface area (Å²) in [6.07, 6.45) is 0.956. The van der Waals surface area contributed by atoms with Crippen LogP contribution in [0, 0.1) is 5.92 Å². The standard InChI is InChI=1S/C17H18N2O2S/c1-11(2)9-10-18-16(20)13-7-8-14(21-13)17-19-12-5-3-4-6-15(12)22-17/h3-8,11H,9-10H2,1-2H3,(H,18,20). The smallest absolute Gasteiger partial charge is 0.287 e. The minimum Gasteiger partial charge on any atom is -0.448 e. The molecule has 3 rings (SSSR count). The number of nitrogens with zero attached hydrogens (tertiary/aromatic N) is 1. The highest BCUT2D eigenvalue weighted by Crippen LogP contribution is 2.31. The fourth-order valence-electron chi connectivity index (χ4n) is 2.11. The summed E-state index contributed by atoms with van der Waals surface area (Å²) >= 11 is 1.56. The second-order valence-corrected chi connectivity index (χ2v) is 6.62. The molecule has 2 heterocycles. The number of para-hydroxylation sites is 1. The molecule has 0 aliphatic heterocycles. The largest absolute Gasteiger partial charge is 0.448 e. The highest BCUT2D eigenvalue weighted by Gasteiger charge is 2.14. The molecule has 2 aromatic heterocycles. The van der Waals surface area contributed by atoms with Gasteiger partial charge in [-0.05, 0) is 36.6 Å². The zero-order valence-electron chi connectivity index (χ0n) is 12.6. The van der Waals surface area contributed by atoms with Crippen LogP contribution in [-0.2, 0) is 0 Å². The monoisotopic (exact) mass is 314 g/mol. The van der Waals surface area contributed by atoms with Gasteiger partial charge >= 0.3 is 0 Å². The first-order chi connectivity index (χ1) is 10.6. The Hall–Kier alpha value is -2.14. The number of carbonyl (C=O) groups is 1. The van der Waals surface area contributed by atoms with E-state index in [1.54, 1.807) is 23.5 Å². The van der Waals surface area contributed by atoms with Crippen molar-refractivity contribution >= 4 is 27.5 Å². The second kappa shape index (κ2) is 6.32. The highest BCUT2D eigenvalue weighted by atomic mass is 32.1. The first kappa shape index (κ1) is 14.8. The normalized spacial score (nSPS) is 11.2. The topological polar surface area (TPSA) is 55.1 Å². The van der Waals surface area contributed by atoms with Crippen molar-refractivity contribution in [3.8, 4) is 10.8 Å². The Bertz CT molecular complexity index is 756. The van der Waals surface area contributed by atoms with Crippen molar-refractivity contribution in [1.82, 2.24) is 10.3 Å². The van der Waals surface area contributed by atoms with Crippen molar-refractivity contribution in [2.24, 2.45) is 5.92 Å². The summed E-state index contributed by atoms with van der Waals surface area (Å²) < 4.78 is 6.76. The summed E-state index contributed by atoms with van der Waals surface area (Å²) in [6.45, 7) is 4.92. The molecule has 22 heavy (non-hydrogen) atoms. The SMILES string of the molecule is CC(C)CCNC(=O)c1ccc(-c2nc3ccccc3s2)o1. The third-order valence-electron chi connectivity index (χ3n) is 3.34. The molecule has 0 bridgehead atoms. The molecule has 0 atom stereocenters. The van der Waals surface area contributed by atoms with Crippen LogP contribution in [0.25, 0.3) is 21.0 Å². The van der Waals surface area contributed by atoms with Gasteiger partial charge in [0.15, 0.2) is 16.5 Å². The maximum Gasteiger partial charge on any atom is 0.287 e. The quantitative estimate of drug-likeness (QED) is 0.762. The van der Waals surface area contributed by atoms with Crippen LogP contribution in [0.15, 0.2) is 40.8 Å². The Morgan fingerprint density at radius 1 is 1.27 bits per heavy atom. The van der Waals surface area contributed by atoms with Crippen molar-refractivity contribution in [2.75, 3.05) is 6.54 Å². The zero-order chi connectivity index (χ0) is 15.5. The Labute approximate surface area is 133 Å². The molecule has 0 saturated heterocycles. The Balaban J connectivity index is 1.74. The molecule has 0 fully saturated rings. The van der Waals surface area contributed by atoms with Gasteiger partial charge in [-0.2, -0.15) is 0 Å². The maximum absolute atomic E-state index is 12.0. The van der Waals surface area contributed by atoms with Gasteiger partial charge < -0.3 is 9.73 Å². The van der Waals surface area contributed by atoms with Gasteiger partial charge in [-0.1, -0.05) is 26.0 Å². The van der Waals surface area contributed by atoms with E-state index in [-0.39, 0.29) is 5.91 Å². The number of furan rings is 1. The summed E-state index contributed by atoms with van der Waals surface area (Å²) in [5, 5.41) is 3.67. The molecule has 4 nitrogen and oxygen atoms in total. The second-order valence-electron chi connectivity index (χ2n) is 5.59. The Kier molecular flexibility index (Phi) is 4.24. The minimum atomic E-state index is -0.173. The number of amides is 1. The third-order valence-corrected chi connectivity index (χ3v) is 4.39. The summed E-state index contributed by atoms with van der Waals surface area (Å²) in [7, 11) is 0. The van der Waals surface area contributed by atoms with Crippen LogP contribution in [0.3, 0.4) is 0 Å². The molecule has 0 radical (unpaired) electrons. The lowest BCUT2D eigenvalue weighted by Crippen LogP contribution is -2.24. The molecule has 0 unspecified atom stereocenters. The number of nitrogens with one attached hydrogen (secondary N) is 1. The number of benzene rings is 1. The Morgan fingerprint density at radius 2 is 2.09 bits per heavy atom. The van der Waals surface area contributed by atoms with Crippen molar-refractivity contribution in [3.05, 3.63) is 42.2 Å². The van der Waals surface area contributed by atoms with Crippen LogP contribution in [0.5, 0.6) is 0 Å². The molecule has 0 saturated carbocycles. The molecule has 0 aliphatic rings. The van der Waals surface area contributed by atoms with Gasteiger partial charge in [0.1, 0.15) is 0 Å². The average molecular weight is 314 g/mol. The molecule has 0 spiro atoms. The molecule has 5 heteroatoms. The molecule has 0 aliphatic carbocycles. The number of hydrogen-bond acceptors (Lipinski definition) is 4. The number of fused-ring (bicyclic) bond motifs is 1. The van der Waals surface area contributed by atoms with Crippen LogP contribution < -0.4 is 5.32 Å². The van der Waals surface area contributed by atoms with Gasteiger partial charge in [0.25, 0.3) is 5.91 Å². The van der Waals surface area contributed by atoms with Gasteiger partial charge in [-0.25, -0.2) is 4.98 Å². The van der Waals surface area contributed by atoms with Crippen molar-refractivity contribution in [2.45, 2.75) is 20.3 Å². The lowest BCUT2D eigenvalue weighted by molar-refractivity contribution is 0.0925. The lowest BCUT2D eigenvalue weighted by atomic mass is 10.1. The molecular weight excluding hydrogens is 296 g/mol. The maximum atomic E-state index is 12.0. The van der Waals surface area contributed by atoms with E-state index in [1.807, 2.05) is 24.3 Å². The van der Waals surface area contributed by atoms with E-state index < -0.39 is 0 Å². The van der Waals surface area contributed by atoms with Gasteiger partial charge in [-0.15, -0.1) is 11.3 Å². The summed E-state index contributed by atoms with van der Waals surface area (Å²) in [5.74, 6) is 1.36. The van der Waals surface area contributed by atoms with Gasteiger partial charge in [0, 0.05) is 6.54 Å². The number of hydrogen-bond donors (Lipinski definition) is 1. The number of thiazole rings is 1. The van der Waals surface area contributed by atoms with Crippen LogP contribution >= 0.6 is 11.3 Å². The fourth-order valence-corrected chi connectivity index (χ4v) is 3.04. The van der Waals surface area contributed by atoms with Crippen LogP contribution in [-0.4, -0.2) is 17.4 Å². The molecule has 3 aromatic rings. The van der Waals surface area contributed by atoms with Gasteiger partial charge in [0.2, 0.25) is 0 Å². The average Bonchev–Trinajstić information content (AvgIpc) is 3.13. The Morgan fingerprint density at radius 3 is 2.86 bits per heavy atom. The highest BCUT2D eigenvalue weighted by molar-refractivity contribution is 7.21. The van der Waals surface area contributed by atoms with Crippen LogP contribution in [0.2, 0.25) is 0 Å². The minimum absolute atomic E-state index is 0.173. The molecule has 1 N–H and O–H groups in total. The summed E-state index contributed by atoms with van der Waals surface area (Å²) in [5.41, 5.74) is 0.946. The van der Waals surface area contributed by atoms with E-state index in [0.717, 1.165) is 21.6 Å². The van der Waals surface area contributed by atoms with E-state index in [2.05, 4.69) is 24.1 Å². The molecule has 114 valence electrons. The third kappa shape index (κ3) is 3.20. The molecular formula is C17H18N2O2S. The van der Waals surface area contributed by atoms with E-state index in [1.165, 1.54) is 0 Å². The van der Waals surface area contributed by atoms with Crippen LogP contribution in [0.4, 0.5) is 0 Å². The van der Waals surface area contributed by atoms with Gasteiger partial charge in [-0.3, -0.25) is 4.79 Å². The fraction of sp³-hybridized carbons (Fsp3) is 0.294. The lowest BCUT2D eigenvalue weighted by Gasteiger charge is -2.05. The van der Waals surface area contributed by atoms with Crippen molar-refractivity contribution in [3.63, 3.8) is 0 Å². The summed E-state index contributed by atoms with van der Waals surface area (Å²) in [6, 6.07) is 11.4. The molecule has 1 aromatic carbocycles. The number of rotatable bonds is 5. The van der Waals surface area contributed by atoms with Crippen molar-refractivity contribution in [1.29, 1.82) is 0 Å². The van der Waals surface area contributed by atoms with Crippen LogP contribution in [0.1, 0.15) is 30.8 Å². The predicted molar refractivity (Wildman–Crippen MR) is 89.1 cm³/mol. The predicted octanol–water partition coefficient (Wildman–Crippen LogP) is 4.33. The van der Waals surface area contributed by atoms with E-state index >= 15 is 0 Å². The first-order valence-corrected chi connectivity index (χ1v) is 8.19. The van der Waals surface area contributed by atoms with E-state index in [4.69, 9.17) is 4.42 Å².